The Morgan fingerprint density at radius 3 is 2.60 bits per heavy atom. The second kappa shape index (κ2) is 5.12. The standard InChI is InChI=1S/C16H18N2O2/c1-2-11-7-9-12(10-8-11)18-14-6-4-3-5-13(14)15(17-18)16(19)20/h7-10H,2-6H2,1H3,(H,19,20). The van der Waals surface area contributed by atoms with Gasteiger partial charge in [-0.05, 0) is 49.8 Å². The van der Waals surface area contributed by atoms with Gasteiger partial charge in [0.2, 0.25) is 0 Å². The lowest BCUT2D eigenvalue weighted by Crippen LogP contribution is -2.08. The molecule has 1 aliphatic carbocycles. The number of hydrogen-bond donors (Lipinski definition) is 1. The van der Waals surface area contributed by atoms with Crippen LogP contribution in [0.5, 0.6) is 0 Å². The van der Waals surface area contributed by atoms with Gasteiger partial charge in [-0.15, -0.1) is 0 Å². The molecule has 0 saturated carbocycles. The van der Waals surface area contributed by atoms with Gasteiger partial charge in [-0.2, -0.15) is 5.10 Å². The molecule has 0 fully saturated rings. The molecular weight excluding hydrogens is 252 g/mol. The number of nitrogens with zero attached hydrogens (tertiary/aromatic N) is 2. The van der Waals surface area contributed by atoms with Gasteiger partial charge in [0, 0.05) is 11.3 Å². The molecule has 1 heterocycles. The Hall–Kier alpha value is -2.10. The lowest BCUT2D eigenvalue weighted by atomic mass is 9.95. The number of carbonyl (C=O) groups is 1. The smallest absolute Gasteiger partial charge is 0.356 e. The van der Waals surface area contributed by atoms with Gasteiger partial charge in [-0.25, -0.2) is 9.48 Å². The summed E-state index contributed by atoms with van der Waals surface area (Å²) >= 11 is 0. The summed E-state index contributed by atoms with van der Waals surface area (Å²) in [6, 6.07) is 8.19. The summed E-state index contributed by atoms with van der Waals surface area (Å²) in [7, 11) is 0. The minimum Gasteiger partial charge on any atom is -0.476 e. The SMILES string of the molecule is CCc1ccc(-n2nc(C(=O)O)c3c2CCCC3)cc1. The molecule has 0 saturated heterocycles. The molecule has 0 bridgehead atoms. The first-order chi connectivity index (χ1) is 9.70. The van der Waals surface area contributed by atoms with Crippen LogP contribution in [-0.4, -0.2) is 20.9 Å². The topological polar surface area (TPSA) is 55.1 Å². The Labute approximate surface area is 118 Å². The second-order valence-electron chi connectivity index (χ2n) is 5.22. The van der Waals surface area contributed by atoms with E-state index in [2.05, 4.69) is 24.2 Å². The fourth-order valence-corrected chi connectivity index (χ4v) is 2.86. The molecule has 1 aliphatic rings. The van der Waals surface area contributed by atoms with Gasteiger partial charge in [0.15, 0.2) is 5.69 Å². The molecule has 20 heavy (non-hydrogen) atoms. The van der Waals surface area contributed by atoms with Gasteiger partial charge in [-0.1, -0.05) is 19.1 Å². The minimum atomic E-state index is -0.924. The summed E-state index contributed by atoms with van der Waals surface area (Å²) in [5.41, 5.74) is 4.43. The third kappa shape index (κ3) is 2.11. The van der Waals surface area contributed by atoms with Crippen molar-refractivity contribution in [2.75, 3.05) is 0 Å². The number of hydrogen-bond acceptors (Lipinski definition) is 2. The minimum absolute atomic E-state index is 0.222. The summed E-state index contributed by atoms with van der Waals surface area (Å²) < 4.78 is 1.82. The number of rotatable bonds is 3. The van der Waals surface area contributed by atoms with Crippen LogP contribution in [0.4, 0.5) is 0 Å². The molecule has 0 amide bonds. The van der Waals surface area contributed by atoms with Crippen molar-refractivity contribution in [3.63, 3.8) is 0 Å². The van der Waals surface area contributed by atoms with Crippen molar-refractivity contribution in [1.82, 2.24) is 9.78 Å². The molecule has 1 N–H and O–H groups in total. The molecule has 0 spiro atoms. The number of carboxylic acid groups (broad SMARTS) is 1. The van der Waals surface area contributed by atoms with E-state index in [4.69, 9.17) is 0 Å². The molecule has 104 valence electrons. The maximum atomic E-state index is 11.3. The van der Waals surface area contributed by atoms with E-state index in [1.54, 1.807) is 0 Å². The average molecular weight is 270 g/mol. The van der Waals surface area contributed by atoms with Crippen LogP contribution < -0.4 is 0 Å². The molecule has 3 rings (SSSR count). The maximum Gasteiger partial charge on any atom is 0.356 e. The van der Waals surface area contributed by atoms with Crippen LogP contribution in [0.2, 0.25) is 0 Å². The fraction of sp³-hybridized carbons (Fsp3) is 0.375. The van der Waals surface area contributed by atoms with Gasteiger partial charge in [-0.3, -0.25) is 0 Å². The zero-order chi connectivity index (χ0) is 14.1. The fourth-order valence-electron chi connectivity index (χ4n) is 2.86. The van der Waals surface area contributed by atoms with Crippen molar-refractivity contribution in [3.05, 3.63) is 46.8 Å². The van der Waals surface area contributed by atoms with E-state index in [1.807, 2.05) is 16.8 Å². The van der Waals surface area contributed by atoms with E-state index in [0.717, 1.165) is 49.0 Å². The molecule has 0 radical (unpaired) electrons. The Balaban J connectivity index is 2.10. The first kappa shape index (κ1) is 12.9. The van der Waals surface area contributed by atoms with Crippen LogP contribution in [0.1, 0.15) is 47.1 Å². The molecule has 0 unspecified atom stereocenters. The van der Waals surface area contributed by atoms with Crippen molar-refractivity contribution < 1.29 is 9.90 Å². The molecule has 2 aromatic rings. The van der Waals surface area contributed by atoms with E-state index >= 15 is 0 Å². The number of benzene rings is 1. The largest absolute Gasteiger partial charge is 0.476 e. The first-order valence-corrected chi connectivity index (χ1v) is 7.14. The Bertz CT molecular complexity index is 641. The molecule has 0 atom stereocenters. The predicted octanol–water partition coefficient (Wildman–Crippen LogP) is 3.01. The van der Waals surface area contributed by atoms with Gasteiger partial charge in [0.1, 0.15) is 0 Å². The zero-order valence-corrected chi connectivity index (χ0v) is 11.6. The van der Waals surface area contributed by atoms with Crippen LogP contribution >= 0.6 is 0 Å². The quantitative estimate of drug-likeness (QED) is 0.932. The van der Waals surface area contributed by atoms with E-state index in [1.165, 1.54) is 5.56 Å². The van der Waals surface area contributed by atoms with E-state index < -0.39 is 5.97 Å². The molecule has 0 aliphatic heterocycles. The Kier molecular flexibility index (Phi) is 3.30. The summed E-state index contributed by atoms with van der Waals surface area (Å²) in [6.07, 6.45) is 4.88. The number of aromatic carboxylic acids is 1. The monoisotopic (exact) mass is 270 g/mol. The van der Waals surface area contributed by atoms with Gasteiger partial charge >= 0.3 is 5.97 Å². The van der Waals surface area contributed by atoms with Gasteiger partial charge in [0.25, 0.3) is 0 Å². The predicted molar refractivity (Wildman–Crippen MR) is 76.5 cm³/mol. The van der Waals surface area contributed by atoms with Gasteiger partial charge in [0.05, 0.1) is 5.69 Å². The van der Waals surface area contributed by atoms with Gasteiger partial charge < -0.3 is 5.11 Å². The summed E-state index contributed by atoms with van der Waals surface area (Å²) in [5.74, 6) is -0.924. The van der Waals surface area contributed by atoms with Crippen molar-refractivity contribution in [3.8, 4) is 5.69 Å². The second-order valence-corrected chi connectivity index (χ2v) is 5.22. The van der Waals surface area contributed by atoms with E-state index in [-0.39, 0.29) is 5.69 Å². The van der Waals surface area contributed by atoms with Crippen LogP contribution in [0.3, 0.4) is 0 Å². The van der Waals surface area contributed by atoms with Crippen LogP contribution in [0.25, 0.3) is 5.69 Å². The van der Waals surface area contributed by atoms with Crippen molar-refractivity contribution in [2.45, 2.75) is 39.0 Å². The van der Waals surface area contributed by atoms with Crippen molar-refractivity contribution in [1.29, 1.82) is 0 Å². The number of aryl methyl sites for hydroxylation is 1. The number of carboxylic acids is 1. The van der Waals surface area contributed by atoms with Crippen molar-refractivity contribution in [2.24, 2.45) is 0 Å². The number of aromatic nitrogens is 2. The molecule has 1 aromatic carbocycles. The third-order valence-electron chi connectivity index (χ3n) is 3.97. The summed E-state index contributed by atoms with van der Waals surface area (Å²) in [5, 5.41) is 13.6. The van der Waals surface area contributed by atoms with E-state index in [0.29, 0.717) is 0 Å². The lowest BCUT2D eigenvalue weighted by Gasteiger charge is -2.14. The van der Waals surface area contributed by atoms with Crippen LogP contribution in [-0.2, 0) is 19.3 Å². The normalized spacial score (nSPS) is 14.1. The number of fused-ring (bicyclic) bond motifs is 1. The highest BCUT2D eigenvalue weighted by molar-refractivity contribution is 5.87. The summed E-state index contributed by atoms with van der Waals surface area (Å²) in [6.45, 7) is 2.12. The molecule has 1 aromatic heterocycles. The Morgan fingerprint density at radius 1 is 1.25 bits per heavy atom. The summed E-state index contributed by atoms with van der Waals surface area (Å²) in [4.78, 5) is 11.3. The highest BCUT2D eigenvalue weighted by Crippen LogP contribution is 2.27. The lowest BCUT2D eigenvalue weighted by molar-refractivity contribution is 0.0688. The molecule has 4 heteroatoms. The van der Waals surface area contributed by atoms with Crippen molar-refractivity contribution >= 4 is 5.97 Å². The van der Waals surface area contributed by atoms with E-state index in [9.17, 15) is 9.90 Å². The Morgan fingerprint density at radius 2 is 1.95 bits per heavy atom. The zero-order valence-electron chi connectivity index (χ0n) is 11.6. The highest BCUT2D eigenvalue weighted by atomic mass is 16.4. The first-order valence-electron chi connectivity index (χ1n) is 7.14. The highest BCUT2D eigenvalue weighted by Gasteiger charge is 2.25. The maximum absolute atomic E-state index is 11.3. The third-order valence-corrected chi connectivity index (χ3v) is 3.97. The average Bonchev–Trinajstić information content (AvgIpc) is 2.87. The van der Waals surface area contributed by atoms with Crippen LogP contribution in [0, 0.1) is 0 Å². The molecular formula is C16H18N2O2. The van der Waals surface area contributed by atoms with Crippen LogP contribution in [0.15, 0.2) is 24.3 Å². The molecule has 4 nitrogen and oxygen atoms in total.